The van der Waals surface area contributed by atoms with E-state index >= 15 is 0 Å². The monoisotopic (exact) mass is 258 g/mol. The van der Waals surface area contributed by atoms with Crippen LogP contribution in [0.5, 0.6) is 0 Å². The van der Waals surface area contributed by atoms with Crippen molar-refractivity contribution < 1.29 is 0 Å². The molecular formula is C4H11BrN4S2. The summed E-state index contributed by atoms with van der Waals surface area (Å²) in [5.74, 6) is 0. The lowest BCUT2D eigenvalue weighted by Crippen LogP contribution is -2.06. The minimum absolute atomic E-state index is 0. The van der Waals surface area contributed by atoms with Crippen molar-refractivity contribution >= 4 is 52.6 Å². The second-order valence-corrected chi connectivity index (χ2v) is 2.40. The Morgan fingerprint density at radius 3 is 1.45 bits per heavy atom. The second-order valence-electron chi connectivity index (χ2n) is 1.48. The Labute approximate surface area is 87.1 Å². The molecule has 0 bridgehead atoms. The Morgan fingerprint density at radius 1 is 1.00 bits per heavy atom. The van der Waals surface area contributed by atoms with Gasteiger partial charge in [-0.25, -0.2) is 0 Å². The number of thiol groups is 2. The minimum Gasteiger partial charge on any atom is -0.379 e. The van der Waals surface area contributed by atoms with E-state index < -0.39 is 0 Å². The van der Waals surface area contributed by atoms with E-state index in [1.807, 2.05) is 0 Å². The summed E-state index contributed by atoms with van der Waals surface area (Å²) in [6.45, 7) is 0.993. The normalized spacial score (nSPS) is 12.5. The third-order valence-corrected chi connectivity index (χ3v) is 0.930. The molecule has 0 aromatic carbocycles. The number of rotatable bonds is 3. The van der Waals surface area contributed by atoms with Gasteiger partial charge in [-0.05, 0) is 0 Å². The maximum absolute atomic E-state index is 5.12. The van der Waals surface area contributed by atoms with E-state index in [2.05, 4.69) is 35.2 Å². The van der Waals surface area contributed by atoms with Crippen LogP contribution < -0.4 is 11.5 Å². The van der Waals surface area contributed by atoms with Gasteiger partial charge in [0.1, 0.15) is 0 Å². The molecule has 11 heavy (non-hydrogen) atoms. The lowest BCUT2D eigenvalue weighted by Gasteiger charge is -1.90. The molecule has 0 atom stereocenters. The number of hydrogen-bond donors (Lipinski definition) is 4. The van der Waals surface area contributed by atoms with Crippen molar-refractivity contribution in [3.8, 4) is 0 Å². The van der Waals surface area contributed by atoms with E-state index in [9.17, 15) is 0 Å². The second kappa shape index (κ2) is 8.22. The molecular weight excluding hydrogens is 248 g/mol. The molecule has 0 aromatic heterocycles. The van der Waals surface area contributed by atoms with E-state index in [4.69, 9.17) is 11.5 Å². The fourth-order valence-electron chi connectivity index (χ4n) is 0.329. The van der Waals surface area contributed by atoms with Crippen LogP contribution in [0.3, 0.4) is 0 Å². The predicted octanol–water partition coefficient (Wildman–Crippen LogP) is 0.0533. The maximum atomic E-state index is 5.12. The van der Waals surface area contributed by atoms with Crippen molar-refractivity contribution in [1.82, 2.24) is 0 Å². The summed E-state index contributed by atoms with van der Waals surface area (Å²) in [6.07, 6.45) is 0. The highest BCUT2D eigenvalue weighted by Gasteiger charge is 1.82. The molecule has 0 aliphatic rings. The van der Waals surface area contributed by atoms with Gasteiger partial charge in [-0.3, -0.25) is 9.98 Å². The van der Waals surface area contributed by atoms with Crippen molar-refractivity contribution in [2.75, 3.05) is 13.1 Å². The molecule has 0 radical (unpaired) electrons. The zero-order valence-electron chi connectivity index (χ0n) is 5.77. The molecule has 0 fully saturated rings. The van der Waals surface area contributed by atoms with Crippen LogP contribution in [0.2, 0.25) is 0 Å². The summed E-state index contributed by atoms with van der Waals surface area (Å²) >= 11 is 7.50. The SMILES string of the molecule is Br.NC(S)=NCCN=C(N)S. The van der Waals surface area contributed by atoms with Crippen LogP contribution in [-0.4, -0.2) is 23.4 Å². The van der Waals surface area contributed by atoms with E-state index in [0.717, 1.165) is 0 Å². The number of nitrogens with two attached hydrogens (primary N) is 2. The van der Waals surface area contributed by atoms with Crippen molar-refractivity contribution in [2.45, 2.75) is 0 Å². The zero-order valence-corrected chi connectivity index (χ0v) is 9.27. The van der Waals surface area contributed by atoms with Gasteiger partial charge in [0.25, 0.3) is 0 Å². The standard InChI is InChI=1S/C4H10N4S2.BrH/c5-3(9)7-1-2-8-4(6)10;/h1-2H2,(H3,5,7,9)(H3,6,8,10);1H. The van der Waals surface area contributed by atoms with Crippen LogP contribution in [0.15, 0.2) is 9.98 Å². The number of hydrogen-bond acceptors (Lipinski definition) is 2. The van der Waals surface area contributed by atoms with Gasteiger partial charge in [0.15, 0.2) is 10.3 Å². The lowest BCUT2D eigenvalue weighted by atomic mass is 10.7. The summed E-state index contributed by atoms with van der Waals surface area (Å²) in [5, 5.41) is 0.515. The lowest BCUT2D eigenvalue weighted by molar-refractivity contribution is 0.978. The molecule has 7 heteroatoms. The smallest absolute Gasteiger partial charge is 0.150 e. The largest absolute Gasteiger partial charge is 0.379 e. The number of amidine groups is 2. The highest BCUT2D eigenvalue weighted by atomic mass is 79.9. The summed E-state index contributed by atoms with van der Waals surface area (Å²) in [4.78, 5) is 7.52. The quantitative estimate of drug-likeness (QED) is 0.250. The first-order valence-electron chi connectivity index (χ1n) is 2.60. The van der Waals surface area contributed by atoms with Crippen LogP contribution in [0.4, 0.5) is 0 Å². The van der Waals surface area contributed by atoms with E-state index in [0.29, 0.717) is 13.1 Å². The molecule has 0 aliphatic heterocycles. The Bertz CT molecular complexity index is 132. The fourth-order valence-corrected chi connectivity index (χ4v) is 0.529. The van der Waals surface area contributed by atoms with Gasteiger partial charge in [-0.15, -0.1) is 42.2 Å². The number of halogens is 1. The number of aliphatic imine (C=N–C) groups is 2. The van der Waals surface area contributed by atoms with Crippen molar-refractivity contribution in [3.05, 3.63) is 0 Å². The van der Waals surface area contributed by atoms with E-state index in [1.165, 1.54) is 0 Å². The average Bonchev–Trinajstić information content (AvgIpc) is 1.79. The van der Waals surface area contributed by atoms with Crippen LogP contribution >= 0.6 is 42.2 Å². The first-order valence-corrected chi connectivity index (χ1v) is 3.50. The van der Waals surface area contributed by atoms with Gasteiger partial charge in [0.2, 0.25) is 0 Å². The van der Waals surface area contributed by atoms with Gasteiger partial charge in [0, 0.05) is 0 Å². The first-order chi connectivity index (χ1) is 4.63. The molecule has 0 saturated heterocycles. The zero-order chi connectivity index (χ0) is 7.98. The van der Waals surface area contributed by atoms with Crippen LogP contribution in [0.25, 0.3) is 0 Å². The third kappa shape index (κ3) is 13.2. The van der Waals surface area contributed by atoms with Gasteiger partial charge in [0.05, 0.1) is 13.1 Å². The Kier molecular flexibility index (Phi) is 10.2. The highest BCUT2D eigenvalue weighted by molar-refractivity contribution is 8.93. The molecule has 0 unspecified atom stereocenters. The molecule has 0 amide bonds. The fraction of sp³-hybridized carbons (Fsp3) is 0.500. The summed E-state index contributed by atoms with van der Waals surface area (Å²) in [5.41, 5.74) is 10.2. The third-order valence-electron chi connectivity index (χ3n) is 0.648. The van der Waals surface area contributed by atoms with Crippen molar-refractivity contribution in [1.29, 1.82) is 0 Å². The Balaban J connectivity index is 0. The first kappa shape index (κ1) is 13.7. The molecule has 4 N–H and O–H groups in total. The Morgan fingerprint density at radius 2 is 1.27 bits per heavy atom. The maximum Gasteiger partial charge on any atom is 0.150 e. The van der Waals surface area contributed by atoms with Gasteiger partial charge < -0.3 is 11.5 Å². The Hall–Kier alpha value is 0.120. The number of nitrogens with zero attached hydrogens (tertiary/aromatic N) is 2. The molecule has 0 aliphatic carbocycles. The summed E-state index contributed by atoms with van der Waals surface area (Å²) < 4.78 is 0. The predicted molar refractivity (Wildman–Crippen MR) is 61.3 cm³/mol. The van der Waals surface area contributed by atoms with Crippen molar-refractivity contribution in [2.24, 2.45) is 21.5 Å². The molecule has 0 saturated carbocycles. The van der Waals surface area contributed by atoms with Crippen molar-refractivity contribution in [3.63, 3.8) is 0 Å². The summed E-state index contributed by atoms with van der Waals surface area (Å²) in [7, 11) is 0. The average molecular weight is 259 g/mol. The molecule has 0 spiro atoms. The molecule has 66 valence electrons. The van der Waals surface area contributed by atoms with E-state index in [1.54, 1.807) is 0 Å². The topological polar surface area (TPSA) is 76.8 Å². The van der Waals surface area contributed by atoms with E-state index in [-0.39, 0.29) is 27.3 Å². The van der Waals surface area contributed by atoms with Crippen LogP contribution in [-0.2, 0) is 0 Å². The highest BCUT2D eigenvalue weighted by Crippen LogP contribution is 1.80. The van der Waals surface area contributed by atoms with Crippen LogP contribution in [0, 0.1) is 0 Å². The minimum atomic E-state index is 0. The molecule has 0 rings (SSSR count). The van der Waals surface area contributed by atoms with Gasteiger partial charge in [-0.2, -0.15) is 0 Å². The van der Waals surface area contributed by atoms with Crippen LogP contribution in [0.1, 0.15) is 0 Å². The molecule has 0 heterocycles. The molecule has 4 nitrogen and oxygen atoms in total. The summed E-state index contributed by atoms with van der Waals surface area (Å²) in [6, 6.07) is 0. The molecule has 0 aromatic rings. The van der Waals surface area contributed by atoms with Gasteiger partial charge in [-0.1, -0.05) is 0 Å². The van der Waals surface area contributed by atoms with Gasteiger partial charge >= 0.3 is 0 Å².